The number of carbonyl (C=O) groups excluding carboxylic acids is 1. The third-order valence-corrected chi connectivity index (χ3v) is 7.02. The molecular formula is C25H29BrN4O. The maximum Gasteiger partial charge on any atom is 0.223 e. The second-order valence-electron chi connectivity index (χ2n) is 8.35. The molecule has 1 amide bonds. The van der Waals surface area contributed by atoms with E-state index in [1.54, 1.807) is 0 Å². The highest BCUT2D eigenvalue weighted by Gasteiger charge is 2.28. The van der Waals surface area contributed by atoms with Gasteiger partial charge in [-0.2, -0.15) is 0 Å². The van der Waals surface area contributed by atoms with Gasteiger partial charge in [0, 0.05) is 28.6 Å². The van der Waals surface area contributed by atoms with Crippen LogP contribution in [0, 0.1) is 11.8 Å². The zero-order valence-electron chi connectivity index (χ0n) is 17.6. The number of nitrogens with one attached hydrogen (secondary N) is 2. The van der Waals surface area contributed by atoms with E-state index >= 15 is 0 Å². The Morgan fingerprint density at radius 1 is 1.10 bits per heavy atom. The second kappa shape index (κ2) is 10.2. The van der Waals surface area contributed by atoms with E-state index in [1.165, 1.54) is 0 Å². The molecule has 2 aromatic carbocycles. The SMILES string of the molecule is NC[C@H]1CC[C@H](C(=O)N[C@@H](Cc2ccccc2Br)c2nc(-c3ccccc3)c[nH]2)CC1. The molecule has 1 atom stereocenters. The van der Waals surface area contributed by atoms with Crippen molar-refractivity contribution in [3.05, 3.63) is 76.7 Å². The number of benzene rings is 2. The van der Waals surface area contributed by atoms with Crippen molar-refractivity contribution in [2.45, 2.75) is 38.1 Å². The molecule has 1 aromatic heterocycles. The van der Waals surface area contributed by atoms with Crippen molar-refractivity contribution in [1.29, 1.82) is 0 Å². The summed E-state index contributed by atoms with van der Waals surface area (Å²) in [6.07, 6.45) is 6.44. The summed E-state index contributed by atoms with van der Waals surface area (Å²) in [5, 5.41) is 3.29. The van der Waals surface area contributed by atoms with Crippen molar-refractivity contribution in [2.75, 3.05) is 6.54 Å². The summed E-state index contributed by atoms with van der Waals surface area (Å²) in [5.41, 5.74) is 8.88. The number of amides is 1. The van der Waals surface area contributed by atoms with Crippen molar-refractivity contribution in [3.8, 4) is 11.3 Å². The van der Waals surface area contributed by atoms with Gasteiger partial charge in [0.2, 0.25) is 5.91 Å². The zero-order valence-corrected chi connectivity index (χ0v) is 19.1. The smallest absolute Gasteiger partial charge is 0.223 e. The lowest BCUT2D eigenvalue weighted by Gasteiger charge is -2.28. The Morgan fingerprint density at radius 2 is 1.81 bits per heavy atom. The maximum absolute atomic E-state index is 13.1. The van der Waals surface area contributed by atoms with Crippen LogP contribution in [0.25, 0.3) is 11.3 Å². The van der Waals surface area contributed by atoms with Crippen molar-refractivity contribution in [3.63, 3.8) is 0 Å². The van der Waals surface area contributed by atoms with E-state index in [1.807, 2.05) is 54.7 Å². The highest BCUT2D eigenvalue weighted by Crippen LogP contribution is 2.30. The van der Waals surface area contributed by atoms with E-state index in [-0.39, 0.29) is 17.9 Å². The van der Waals surface area contributed by atoms with Crippen LogP contribution >= 0.6 is 15.9 Å². The fourth-order valence-corrected chi connectivity index (χ4v) is 4.77. The summed E-state index contributed by atoms with van der Waals surface area (Å²) in [4.78, 5) is 21.3. The van der Waals surface area contributed by atoms with Crippen LogP contribution in [0.3, 0.4) is 0 Å². The Morgan fingerprint density at radius 3 is 2.52 bits per heavy atom. The summed E-state index contributed by atoms with van der Waals surface area (Å²) in [6, 6.07) is 18.0. The normalized spacial score (nSPS) is 19.7. The van der Waals surface area contributed by atoms with E-state index in [2.05, 4.69) is 32.3 Å². The van der Waals surface area contributed by atoms with Crippen LogP contribution in [-0.4, -0.2) is 22.4 Å². The van der Waals surface area contributed by atoms with Gasteiger partial charge in [0.05, 0.1) is 11.7 Å². The molecule has 3 aromatic rings. The third-order valence-electron chi connectivity index (χ3n) is 6.25. The lowest BCUT2D eigenvalue weighted by Crippen LogP contribution is -2.37. The average molecular weight is 481 g/mol. The van der Waals surface area contributed by atoms with E-state index < -0.39 is 0 Å². The van der Waals surface area contributed by atoms with Crippen LogP contribution in [0.5, 0.6) is 0 Å². The molecule has 31 heavy (non-hydrogen) atoms. The van der Waals surface area contributed by atoms with Gasteiger partial charge in [0.25, 0.3) is 0 Å². The molecule has 0 spiro atoms. The molecule has 1 aliphatic rings. The van der Waals surface area contributed by atoms with Gasteiger partial charge in [0.15, 0.2) is 0 Å². The first-order chi connectivity index (χ1) is 15.1. The Bertz CT molecular complexity index is 996. The molecule has 0 saturated heterocycles. The number of hydrogen-bond acceptors (Lipinski definition) is 3. The minimum atomic E-state index is -0.226. The molecule has 1 saturated carbocycles. The molecule has 1 fully saturated rings. The molecule has 4 N–H and O–H groups in total. The Kier molecular flexibility index (Phi) is 7.20. The molecule has 0 bridgehead atoms. The summed E-state index contributed by atoms with van der Waals surface area (Å²) in [6.45, 7) is 0.716. The highest BCUT2D eigenvalue weighted by atomic mass is 79.9. The number of imidazole rings is 1. The lowest BCUT2D eigenvalue weighted by molar-refractivity contribution is -0.127. The van der Waals surface area contributed by atoms with E-state index in [9.17, 15) is 4.79 Å². The molecular weight excluding hydrogens is 452 g/mol. The van der Waals surface area contributed by atoms with Crippen LogP contribution in [0.15, 0.2) is 65.3 Å². The van der Waals surface area contributed by atoms with Crippen LogP contribution in [0.4, 0.5) is 0 Å². The first kappa shape index (κ1) is 21.8. The second-order valence-corrected chi connectivity index (χ2v) is 9.20. The average Bonchev–Trinajstić information content (AvgIpc) is 3.31. The van der Waals surface area contributed by atoms with Gasteiger partial charge in [-0.3, -0.25) is 4.79 Å². The van der Waals surface area contributed by atoms with Crippen molar-refractivity contribution < 1.29 is 4.79 Å². The number of carbonyl (C=O) groups is 1. The number of nitrogens with zero attached hydrogens (tertiary/aromatic N) is 1. The first-order valence-corrected chi connectivity index (χ1v) is 11.8. The van der Waals surface area contributed by atoms with Crippen molar-refractivity contribution in [1.82, 2.24) is 15.3 Å². The molecule has 0 radical (unpaired) electrons. The van der Waals surface area contributed by atoms with E-state index in [0.717, 1.165) is 52.8 Å². The Hall–Kier alpha value is -2.44. The van der Waals surface area contributed by atoms with Crippen molar-refractivity contribution >= 4 is 21.8 Å². The van der Waals surface area contributed by atoms with Gasteiger partial charge in [-0.15, -0.1) is 0 Å². The van der Waals surface area contributed by atoms with Crippen LogP contribution in [0.1, 0.15) is 43.1 Å². The zero-order chi connectivity index (χ0) is 21.6. The molecule has 1 heterocycles. The molecule has 5 nitrogen and oxygen atoms in total. The van der Waals surface area contributed by atoms with Crippen LogP contribution in [0.2, 0.25) is 0 Å². The van der Waals surface area contributed by atoms with Gasteiger partial charge >= 0.3 is 0 Å². The number of rotatable bonds is 7. The summed E-state index contributed by atoms with van der Waals surface area (Å²) < 4.78 is 1.03. The van der Waals surface area contributed by atoms with E-state index in [4.69, 9.17) is 10.7 Å². The first-order valence-electron chi connectivity index (χ1n) is 11.0. The molecule has 1 aliphatic carbocycles. The number of nitrogens with two attached hydrogens (primary N) is 1. The minimum Gasteiger partial charge on any atom is -0.346 e. The minimum absolute atomic E-state index is 0.0491. The molecule has 4 rings (SSSR count). The predicted molar refractivity (Wildman–Crippen MR) is 127 cm³/mol. The summed E-state index contributed by atoms with van der Waals surface area (Å²) >= 11 is 3.64. The quantitative estimate of drug-likeness (QED) is 0.444. The maximum atomic E-state index is 13.1. The van der Waals surface area contributed by atoms with Crippen LogP contribution in [-0.2, 0) is 11.2 Å². The number of H-pyrrole nitrogens is 1. The Labute approximate surface area is 192 Å². The largest absolute Gasteiger partial charge is 0.346 e. The predicted octanol–water partition coefficient (Wildman–Crippen LogP) is 5.00. The fraction of sp³-hybridized carbons (Fsp3) is 0.360. The van der Waals surface area contributed by atoms with Gasteiger partial charge in [-0.05, 0) is 49.8 Å². The molecule has 6 heteroatoms. The monoisotopic (exact) mass is 480 g/mol. The van der Waals surface area contributed by atoms with Gasteiger partial charge in [0.1, 0.15) is 5.82 Å². The van der Waals surface area contributed by atoms with E-state index in [0.29, 0.717) is 18.9 Å². The molecule has 0 aliphatic heterocycles. The fourth-order valence-electron chi connectivity index (χ4n) is 4.32. The lowest BCUT2D eigenvalue weighted by atomic mass is 9.81. The number of aromatic amines is 1. The summed E-state index contributed by atoms with van der Waals surface area (Å²) in [5.74, 6) is 1.50. The van der Waals surface area contributed by atoms with Gasteiger partial charge in [-0.25, -0.2) is 4.98 Å². The summed E-state index contributed by atoms with van der Waals surface area (Å²) in [7, 11) is 0. The Balaban J connectivity index is 1.54. The topological polar surface area (TPSA) is 83.8 Å². The molecule has 0 unspecified atom stereocenters. The van der Waals surface area contributed by atoms with Crippen LogP contribution < -0.4 is 11.1 Å². The number of hydrogen-bond donors (Lipinski definition) is 3. The van der Waals surface area contributed by atoms with Gasteiger partial charge < -0.3 is 16.0 Å². The van der Waals surface area contributed by atoms with Gasteiger partial charge in [-0.1, -0.05) is 64.5 Å². The highest BCUT2D eigenvalue weighted by molar-refractivity contribution is 9.10. The standard InChI is InChI=1S/C25H29BrN4O/c26-21-9-5-4-8-20(21)14-22(30-25(31)19-12-10-17(15-27)11-13-19)24-28-16-23(29-24)18-6-2-1-3-7-18/h1-9,16-17,19,22H,10-15,27H2,(H,28,29)(H,30,31)/t17-,19-,22-/m0/s1. The third kappa shape index (κ3) is 5.43. The molecule has 162 valence electrons. The number of halogens is 1. The van der Waals surface area contributed by atoms with Crippen molar-refractivity contribution in [2.24, 2.45) is 17.6 Å². The number of aromatic nitrogens is 2.